The number of carboxylic acids is 2. The number of halogens is 3. The summed E-state index contributed by atoms with van der Waals surface area (Å²) in [5, 5.41) is 24.6. The van der Waals surface area contributed by atoms with Gasteiger partial charge in [-0.3, -0.25) is 4.79 Å². The van der Waals surface area contributed by atoms with Crippen molar-refractivity contribution >= 4 is 23.9 Å². The molecule has 1 rings (SSSR count). The van der Waals surface area contributed by atoms with Crippen LogP contribution in [0.2, 0.25) is 0 Å². The fourth-order valence-electron chi connectivity index (χ4n) is 3.57. The number of carboxylic acid groups (broad SMARTS) is 2. The summed E-state index contributed by atoms with van der Waals surface area (Å²) in [5.41, 5.74) is 5.38. The summed E-state index contributed by atoms with van der Waals surface area (Å²) in [6.45, 7) is 7.08. The van der Waals surface area contributed by atoms with Crippen LogP contribution in [0.4, 0.5) is 18.0 Å². The molecule has 0 unspecified atom stereocenters. The molecule has 1 fully saturated rings. The zero-order chi connectivity index (χ0) is 27.9. The van der Waals surface area contributed by atoms with Crippen LogP contribution in [0.15, 0.2) is 0 Å². The highest BCUT2D eigenvalue weighted by Crippen LogP contribution is 2.27. The fourth-order valence-corrected chi connectivity index (χ4v) is 3.57. The Hall–Kier alpha value is -2.57. The van der Waals surface area contributed by atoms with Crippen molar-refractivity contribution in [3.05, 3.63) is 0 Å². The van der Waals surface area contributed by atoms with Crippen molar-refractivity contribution in [2.45, 2.75) is 96.8 Å². The Bertz CT molecular complexity index is 707. The molecule has 3 amide bonds. The smallest absolute Gasteiger partial charge is 0.480 e. The molecule has 1 aliphatic carbocycles. The molecule has 0 spiro atoms. The third kappa shape index (κ3) is 16.2. The van der Waals surface area contributed by atoms with Gasteiger partial charge in [0.1, 0.15) is 12.1 Å². The summed E-state index contributed by atoms with van der Waals surface area (Å²) in [5.74, 6) is -3.66. The lowest BCUT2D eigenvalue weighted by molar-refractivity contribution is -0.192. The first-order valence-electron chi connectivity index (χ1n) is 12.1. The number of carbonyl (C=O) groups excluding carboxylic acids is 2. The number of urea groups is 1. The van der Waals surface area contributed by atoms with Crippen LogP contribution in [-0.2, 0) is 14.4 Å². The Morgan fingerprint density at radius 3 is 1.92 bits per heavy atom. The molecule has 0 radical (unpaired) electrons. The molecule has 7 N–H and O–H groups in total. The normalized spacial score (nSPS) is 16.1. The number of rotatable bonds is 11. The maximum atomic E-state index is 12.7. The zero-order valence-corrected chi connectivity index (χ0v) is 21.2. The summed E-state index contributed by atoms with van der Waals surface area (Å²) in [4.78, 5) is 45.5. The lowest BCUT2D eigenvalue weighted by Crippen LogP contribution is -2.54. The van der Waals surface area contributed by atoms with Crippen molar-refractivity contribution in [2.75, 3.05) is 13.1 Å². The van der Waals surface area contributed by atoms with E-state index in [-0.39, 0.29) is 11.3 Å². The minimum atomic E-state index is -5.08. The van der Waals surface area contributed by atoms with E-state index >= 15 is 0 Å². The molecule has 2 atom stereocenters. The average Bonchev–Trinajstić information content (AvgIpc) is 2.76. The second kappa shape index (κ2) is 16.2. The second-order valence-electron chi connectivity index (χ2n) is 10.2. The van der Waals surface area contributed by atoms with Crippen LogP contribution in [0.3, 0.4) is 0 Å². The topological polar surface area (TPSA) is 171 Å². The molecule has 0 saturated heterocycles. The number of hydrogen-bond acceptors (Lipinski definition) is 5. The number of unbranched alkanes of at least 4 members (excludes halogenated alkanes) is 1. The van der Waals surface area contributed by atoms with Crippen LogP contribution in [-0.4, -0.2) is 65.4 Å². The zero-order valence-electron chi connectivity index (χ0n) is 21.2. The van der Waals surface area contributed by atoms with Crippen LogP contribution in [0, 0.1) is 11.3 Å². The van der Waals surface area contributed by atoms with Crippen molar-refractivity contribution in [3.63, 3.8) is 0 Å². The van der Waals surface area contributed by atoms with E-state index < -0.39 is 36.2 Å². The number of alkyl halides is 3. The molecule has 0 aromatic rings. The van der Waals surface area contributed by atoms with Gasteiger partial charge in [-0.15, -0.1) is 0 Å². The van der Waals surface area contributed by atoms with E-state index in [1.807, 2.05) is 20.8 Å². The van der Waals surface area contributed by atoms with Crippen molar-refractivity contribution < 1.29 is 42.6 Å². The third-order valence-corrected chi connectivity index (χ3v) is 5.50. The number of carbonyl (C=O) groups is 4. The summed E-state index contributed by atoms with van der Waals surface area (Å²) in [7, 11) is 0. The Morgan fingerprint density at radius 2 is 1.47 bits per heavy atom. The van der Waals surface area contributed by atoms with Gasteiger partial charge in [-0.25, -0.2) is 14.4 Å². The first-order valence-corrected chi connectivity index (χ1v) is 12.1. The Kier molecular flexibility index (Phi) is 15.1. The molecule has 0 aromatic heterocycles. The van der Waals surface area contributed by atoms with Gasteiger partial charge < -0.3 is 31.9 Å². The van der Waals surface area contributed by atoms with E-state index in [2.05, 4.69) is 16.0 Å². The number of nitrogens with one attached hydrogen (secondary N) is 3. The van der Waals surface area contributed by atoms with Crippen LogP contribution in [0.25, 0.3) is 0 Å². The maximum Gasteiger partial charge on any atom is 0.490 e. The van der Waals surface area contributed by atoms with Crippen LogP contribution in [0.1, 0.15) is 78.6 Å². The van der Waals surface area contributed by atoms with Gasteiger partial charge >= 0.3 is 24.1 Å². The fraction of sp³-hybridized carbons (Fsp3) is 0.826. The number of aliphatic carboxylic acids is 2. The first-order chi connectivity index (χ1) is 16.6. The number of nitrogens with two attached hydrogens (primary N) is 1. The van der Waals surface area contributed by atoms with E-state index in [1.165, 1.54) is 6.42 Å². The minimum absolute atomic E-state index is 0.0648. The minimum Gasteiger partial charge on any atom is -0.480 e. The summed E-state index contributed by atoms with van der Waals surface area (Å²) in [6, 6.07) is -2.27. The number of amides is 3. The molecule has 210 valence electrons. The molecule has 0 aromatic carbocycles. The molecule has 36 heavy (non-hydrogen) atoms. The molecule has 0 aliphatic heterocycles. The standard InChI is InChI=1S/C21H40N4O4.C2HF3O2/c1-21(2,3)14-23-18(26)17(13-15-9-5-4-6-10-15)25-20(29)24-16(19(27)28)11-7-8-12-22;3-2(4,5)1(6)7/h15-17H,4-14,22H2,1-3H3,(H,23,26)(H,27,28)(H2,24,25,29);(H,6,7)/t16-,17+;/m0./s1. The van der Waals surface area contributed by atoms with Gasteiger partial charge in [0.2, 0.25) is 5.91 Å². The monoisotopic (exact) mass is 526 g/mol. The Balaban J connectivity index is 0.00000152. The van der Waals surface area contributed by atoms with Crippen molar-refractivity contribution in [2.24, 2.45) is 17.1 Å². The van der Waals surface area contributed by atoms with Gasteiger partial charge in [0.15, 0.2) is 0 Å². The largest absolute Gasteiger partial charge is 0.490 e. The van der Waals surface area contributed by atoms with Gasteiger partial charge in [-0.1, -0.05) is 52.9 Å². The number of hydrogen-bond donors (Lipinski definition) is 6. The average molecular weight is 527 g/mol. The summed E-state index contributed by atoms with van der Waals surface area (Å²) >= 11 is 0. The summed E-state index contributed by atoms with van der Waals surface area (Å²) in [6.07, 6.45) is 2.75. The van der Waals surface area contributed by atoms with Gasteiger partial charge in [0.25, 0.3) is 0 Å². The Morgan fingerprint density at radius 1 is 0.944 bits per heavy atom. The predicted octanol–water partition coefficient (Wildman–Crippen LogP) is 3.00. The van der Waals surface area contributed by atoms with Crippen LogP contribution in [0.5, 0.6) is 0 Å². The lowest BCUT2D eigenvalue weighted by Gasteiger charge is -2.28. The molecule has 0 bridgehead atoms. The van der Waals surface area contributed by atoms with Crippen molar-refractivity contribution in [3.8, 4) is 0 Å². The van der Waals surface area contributed by atoms with Crippen LogP contribution < -0.4 is 21.7 Å². The molecular formula is C23H41F3N4O6. The molecule has 1 saturated carbocycles. The predicted molar refractivity (Wildman–Crippen MR) is 127 cm³/mol. The highest BCUT2D eigenvalue weighted by atomic mass is 19.4. The first kappa shape index (κ1) is 33.4. The maximum absolute atomic E-state index is 12.7. The van der Waals surface area contributed by atoms with Gasteiger partial charge in [-0.2, -0.15) is 13.2 Å². The quantitative estimate of drug-likeness (QED) is 0.225. The lowest BCUT2D eigenvalue weighted by atomic mass is 9.84. The molecule has 10 nitrogen and oxygen atoms in total. The molecule has 13 heteroatoms. The van der Waals surface area contributed by atoms with E-state index in [1.54, 1.807) is 0 Å². The molecular weight excluding hydrogens is 485 g/mol. The van der Waals surface area contributed by atoms with E-state index in [0.29, 0.717) is 44.7 Å². The SMILES string of the molecule is CC(C)(C)CNC(=O)[C@@H](CC1CCCCC1)NC(=O)N[C@@H](CCCCN)C(=O)O.O=C(O)C(F)(F)F. The van der Waals surface area contributed by atoms with Crippen LogP contribution >= 0.6 is 0 Å². The Labute approximate surface area is 209 Å². The van der Waals surface area contributed by atoms with Crippen molar-refractivity contribution in [1.29, 1.82) is 0 Å². The van der Waals surface area contributed by atoms with Gasteiger partial charge in [0, 0.05) is 6.54 Å². The van der Waals surface area contributed by atoms with E-state index in [0.717, 1.165) is 25.7 Å². The molecule has 0 heterocycles. The van der Waals surface area contributed by atoms with Crippen molar-refractivity contribution in [1.82, 2.24) is 16.0 Å². The van der Waals surface area contributed by atoms with E-state index in [9.17, 15) is 32.7 Å². The highest BCUT2D eigenvalue weighted by molar-refractivity contribution is 5.88. The second-order valence-corrected chi connectivity index (χ2v) is 10.2. The highest BCUT2D eigenvalue weighted by Gasteiger charge is 2.38. The molecule has 1 aliphatic rings. The van der Waals surface area contributed by atoms with Gasteiger partial charge in [-0.05, 0) is 43.6 Å². The third-order valence-electron chi connectivity index (χ3n) is 5.50. The van der Waals surface area contributed by atoms with Gasteiger partial charge in [0.05, 0.1) is 0 Å². The van der Waals surface area contributed by atoms with E-state index in [4.69, 9.17) is 15.6 Å². The summed E-state index contributed by atoms with van der Waals surface area (Å²) < 4.78 is 31.7.